The van der Waals surface area contributed by atoms with E-state index in [9.17, 15) is 14.7 Å². The normalized spacial score (nSPS) is 22.6. The number of carbonyl (C=O) groups is 1. The number of para-hydroxylation sites is 1. The second kappa shape index (κ2) is 10.8. The molecule has 41 heavy (non-hydrogen) atoms. The first kappa shape index (κ1) is 28.4. The van der Waals surface area contributed by atoms with Crippen LogP contribution in [0.5, 0.6) is 0 Å². The number of ether oxygens (including phenoxy) is 1. The van der Waals surface area contributed by atoms with Gasteiger partial charge in [0.15, 0.2) is 5.65 Å². The highest BCUT2D eigenvalue weighted by Crippen LogP contribution is 2.62. The molecular formula is C31H40ClN5O4. The van der Waals surface area contributed by atoms with Crippen LogP contribution in [0, 0.1) is 11.3 Å². The molecule has 1 amide bonds. The molecule has 2 aromatic heterocycles. The number of nitrogens with zero attached hydrogens (tertiary/aromatic N) is 4. The molecule has 0 spiro atoms. The van der Waals surface area contributed by atoms with Gasteiger partial charge in [-0.25, -0.2) is 4.98 Å². The smallest absolute Gasteiger partial charge is 0.262 e. The number of nitrogens with one attached hydrogen (secondary N) is 1. The lowest BCUT2D eigenvalue weighted by Crippen LogP contribution is -2.51. The molecule has 4 heterocycles. The number of aromatic nitrogens is 3. The standard InChI is InChI=1S/C25H27ClN4O3.C6H13NO/c26-20-14-19-21(30(20)18-4-2-1-3-5-18)27-16-29(22(19)31)15-24(33)10-12-28(13-11-24)23(32)25(8-9-25)17-6-7-17;1-6(2)5-7-3-4-8-6/h1-5,14,16-17,33H,6-13,15H2;7H,3-5H2,1-2H3. The van der Waals surface area contributed by atoms with Crippen LogP contribution >= 0.6 is 11.6 Å². The summed E-state index contributed by atoms with van der Waals surface area (Å²) in [6.07, 6.45) is 6.79. The van der Waals surface area contributed by atoms with Gasteiger partial charge in [-0.3, -0.25) is 18.7 Å². The zero-order chi connectivity index (χ0) is 28.8. The SMILES string of the molecule is CC1(C)CNCCO1.O=C(N1CCC(O)(Cn2cnc3c(cc(Cl)n3-c3ccccc3)c2=O)CC1)C1(C2CC2)CC1. The van der Waals surface area contributed by atoms with Crippen molar-refractivity contribution >= 4 is 28.5 Å². The van der Waals surface area contributed by atoms with Crippen molar-refractivity contribution in [2.24, 2.45) is 11.3 Å². The second-order valence-corrected chi connectivity index (χ2v) is 13.2. The van der Waals surface area contributed by atoms with Crippen molar-refractivity contribution in [3.8, 4) is 5.69 Å². The first-order chi connectivity index (χ1) is 19.6. The van der Waals surface area contributed by atoms with E-state index in [0.29, 0.717) is 48.0 Å². The maximum Gasteiger partial charge on any atom is 0.262 e. The summed E-state index contributed by atoms with van der Waals surface area (Å²) in [5.74, 6) is 0.862. The molecule has 9 nitrogen and oxygen atoms in total. The van der Waals surface area contributed by atoms with Crippen molar-refractivity contribution in [2.45, 2.75) is 70.1 Å². The third-order valence-corrected chi connectivity index (χ3v) is 9.37. The number of amides is 1. The molecule has 4 aliphatic rings. The van der Waals surface area contributed by atoms with Gasteiger partial charge in [-0.1, -0.05) is 29.8 Å². The molecule has 2 saturated heterocycles. The number of carbonyl (C=O) groups excluding carboxylic acids is 1. The van der Waals surface area contributed by atoms with Crippen LogP contribution in [0.2, 0.25) is 5.15 Å². The molecule has 2 aliphatic carbocycles. The fourth-order valence-corrected chi connectivity index (χ4v) is 6.63. The van der Waals surface area contributed by atoms with Crippen molar-refractivity contribution in [3.05, 3.63) is 58.2 Å². The highest BCUT2D eigenvalue weighted by Gasteiger charge is 2.60. The number of hydrogen-bond donors (Lipinski definition) is 2. The van der Waals surface area contributed by atoms with E-state index in [0.717, 1.165) is 38.2 Å². The summed E-state index contributed by atoms with van der Waals surface area (Å²) in [5.41, 5.74) is 0.0318. The van der Waals surface area contributed by atoms with Crippen LogP contribution < -0.4 is 10.9 Å². The molecule has 2 aliphatic heterocycles. The Morgan fingerprint density at radius 1 is 1.15 bits per heavy atom. The van der Waals surface area contributed by atoms with Gasteiger partial charge in [-0.05, 0) is 76.5 Å². The lowest BCUT2D eigenvalue weighted by molar-refractivity contribution is -0.142. The first-order valence-electron chi connectivity index (χ1n) is 14.8. The predicted molar refractivity (Wildman–Crippen MR) is 158 cm³/mol. The Morgan fingerprint density at radius 3 is 2.41 bits per heavy atom. The maximum atomic E-state index is 13.2. The van der Waals surface area contributed by atoms with Crippen molar-refractivity contribution in [3.63, 3.8) is 0 Å². The Hall–Kier alpha value is -2.72. The third-order valence-electron chi connectivity index (χ3n) is 9.10. The highest BCUT2D eigenvalue weighted by atomic mass is 35.5. The molecule has 0 radical (unpaired) electrons. The Morgan fingerprint density at radius 2 is 1.85 bits per heavy atom. The van der Waals surface area contributed by atoms with Gasteiger partial charge in [0.05, 0.1) is 35.2 Å². The number of likely N-dealkylation sites (tertiary alicyclic amines) is 1. The molecule has 220 valence electrons. The number of aliphatic hydroxyl groups is 1. The first-order valence-corrected chi connectivity index (χ1v) is 15.2. The molecule has 10 heteroatoms. The minimum Gasteiger partial charge on any atom is -0.388 e. The Bertz CT molecular complexity index is 1460. The quantitative estimate of drug-likeness (QED) is 0.476. The van der Waals surface area contributed by atoms with Crippen molar-refractivity contribution in [1.29, 1.82) is 0 Å². The summed E-state index contributed by atoms with van der Waals surface area (Å²) in [6, 6.07) is 11.2. The number of halogens is 1. The largest absolute Gasteiger partial charge is 0.388 e. The summed E-state index contributed by atoms with van der Waals surface area (Å²) < 4.78 is 8.62. The molecule has 0 atom stereocenters. The molecule has 2 N–H and O–H groups in total. The summed E-state index contributed by atoms with van der Waals surface area (Å²) in [4.78, 5) is 32.7. The maximum absolute atomic E-state index is 13.2. The van der Waals surface area contributed by atoms with E-state index in [-0.39, 0.29) is 29.0 Å². The van der Waals surface area contributed by atoms with Crippen LogP contribution in [0.3, 0.4) is 0 Å². The third kappa shape index (κ3) is 5.82. The van der Waals surface area contributed by atoms with Gasteiger partial charge in [-0.2, -0.15) is 0 Å². The van der Waals surface area contributed by atoms with Crippen molar-refractivity contribution in [2.75, 3.05) is 32.8 Å². The Balaban J connectivity index is 0.000000328. The van der Waals surface area contributed by atoms with E-state index >= 15 is 0 Å². The van der Waals surface area contributed by atoms with Crippen molar-refractivity contribution < 1.29 is 14.6 Å². The van der Waals surface area contributed by atoms with Gasteiger partial charge in [-0.15, -0.1) is 0 Å². The monoisotopic (exact) mass is 581 g/mol. The number of morpholine rings is 1. The highest BCUT2D eigenvalue weighted by molar-refractivity contribution is 6.31. The van der Waals surface area contributed by atoms with Crippen LogP contribution in [0.15, 0.2) is 47.5 Å². The zero-order valence-corrected chi connectivity index (χ0v) is 24.7. The molecule has 0 bridgehead atoms. The van der Waals surface area contributed by atoms with E-state index in [1.807, 2.05) is 35.2 Å². The van der Waals surface area contributed by atoms with Gasteiger partial charge in [0, 0.05) is 31.9 Å². The minimum absolute atomic E-state index is 0.0677. The number of hydrogen-bond acceptors (Lipinski definition) is 6. The van der Waals surface area contributed by atoms with Crippen LogP contribution in [-0.4, -0.2) is 74.0 Å². The van der Waals surface area contributed by atoms with E-state index in [2.05, 4.69) is 24.1 Å². The van der Waals surface area contributed by atoms with Crippen LogP contribution in [0.1, 0.15) is 52.4 Å². The fraction of sp³-hybridized carbons (Fsp3) is 0.581. The van der Waals surface area contributed by atoms with Gasteiger partial charge in [0.1, 0.15) is 11.5 Å². The van der Waals surface area contributed by atoms with E-state index < -0.39 is 5.60 Å². The zero-order valence-electron chi connectivity index (χ0n) is 23.9. The molecule has 4 fully saturated rings. The molecule has 1 aromatic carbocycles. The molecular weight excluding hydrogens is 542 g/mol. The van der Waals surface area contributed by atoms with E-state index in [1.165, 1.54) is 23.7 Å². The molecule has 3 aromatic rings. The van der Waals surface area contributed by atoms with E-state index in [4.69, 9.17) is 16.3 Å². The number of benzene rings is 1. The van der Waals surface area contributed by atoms with Gasteiger partial charge in [0.25, 0.3) is 5.56 Å². The lowest BCUT2D eigenvalue weighted by Gasteiger charge is -2.39. The minimum atomic E-state index is -1.04. The molecule has 0 unspecified atom stereocenters. The van der Waals surface area contributed by atoms with Crippen molar-refractivity contribution in [1.82, 2.24) is 24.3 Å². The van der Waals surface area contributed by atoms with Gasteiger partial charge < -0.3 is 20.1 Å². The number of piperidine rings is 1. The average Bonchev–Trinajstić information content (AvgIpc) is 3.88. The van der Waals surface area contributed by atoms with Crippen LogP contribution in [0.25, 0.3) is 16.7 Å². The van der Waals surface area contributed by atoms with Gasteiger partial charge >= 0.3 is 0 Å². The molecule has 2 saturated carbocycles. The summed E-state index contributed by atoms with van der Waals surface area (Å²) in [6.45, 7) is 8.25. The predicted octanol–water partition coefficient (Wildman–Crippen LogP) is 3.77. The van der Waals surface area contributed by atoms with Gasteiger partial charge in [0.2, 0.25) is 5.91 Å². The van der Waals surface area contributed by atoms with E-state index in [1.54, 1.807) is 10.6 Å². The summed E-state index contributed by atoms with van der Waals surface area (Å²) >= 11 is 6.45. The topological polar surface area (TPSA) is 102 Å². The van der Waals surface area contributed by atoms with Crippen LogP contribution in [0.4, 0.5) is 0 Å². The Kier molecular flexibility index (Phi) is 7.51. The Labute approximate surface area is 245 Å². The summed E-state index contributed by atoms with van der Waals surface area (Å²) in [5, 5.41) is 15.3. The number of fused-ring (bicyclic) bond motifs is 1. The summed E-state index contributed by atoms with van der Waals surface area (Å²) in [7, 11) is 0. The number of rotatable bonds is 5. The lowest BCUT2D eigenvalue weighted by atomic mass is 9.89. The fourth-order valence-electron chi connectivity index (χ4n) is 6.34. The molecule has 7 rings (SSSR count). The van der Waals surface area contributed by atoms with Crippen LogP contribution in [-0.2, 0) is 16.1 Å². The average molecular weight is 582 g/mol. The second-order valence-electron chi connectivity index (χ2n) is 12.8.